The zero-order valence-corrected chi connectivity index (χ0v) is 10.3. The third kappa shape index (κ3) is 1.62. The molecule has 3 aromatic rings. The maximum Gasteiger partial charge on any atom is 0.316 e. The largest absolute Gasteiger partial charge is 0.467 e. The summed E-state index contributed by atoms with van der Waals surface area (Å²) in [6.07, 6.45) is 1.71. The molecular formula is C14H13N3O. The molecule has 90 valence electrons. The van der Waals surface area contributed by atoms with Crippen molar-refractivity contribution in [1.82, 2.24) is 15.0 Å². The number of benzene rings is 1. The summed E-state index contributed by atoms with van der Waals surface area (Å²) in [5.41, 5.74) is 4.18. The number of nitrogens with zero attached hydrogens (tertiary/aromatic N) is 2. The predicted octanol–water partition coefficient (Wildman–Crippen LogP) is 2.94. The van der Waals surface area contributed by atoms with Crippen LogP contribution >= 0.6 is 0 Å². The van der Waals surface area contributed by atoms with Crippen molar-refractivity contribution in [2.45, 2.75) is 6.92 Å². The SMILES string of the molecule is COc1nccc(-c2c(C)[nH]c3ccccc23)n1. The van der Waals surface area contributed by atoms with E-state index in [-0.39, 0.29) is 0 Å². The standard InChI is InChI=1S/C14H13N3O/c1-9-13(10-5-3-4-6-11(10)16-9)12-7-8-15-14(17-12)18-2/h3-8,16H,1-2H3. The molecule has 0 saturated heterocycles. The fraction of sp³-hybridized carbons (Fsp3) is 0.143. The van der Waals surface area contributed by atoms with Crippen molar-refractivity contribution in [1.29, 1.82) is 0 Å². The van der Waals surface area contributed by atoms with Crippen LogP contribution < -0.4 is 4.74 Å². The molecule has 0 aliphatic heterocycles. The van der Waals surface area contributed by atoms with Gasteiger partial charge < -0.3 is 9.72 Å². The Morgan fingerprint density at radius 2 is 2.00 bits per heavy atom. The molecule has 0 aliphatic rings. The molecule has 0 atom stereocenters. The van der Waals surface area contributed by atoms with Crippen LogP contribution in [0.25, 0.3) is 22.2 Å². The third-order valence-corrected chi connectivity index (χ3v) is 2.97. The van der Waals surface area contributed by atoms with Crippen molar-refractivity contribution in [2.24, 2.45) is 0 Å². The van der Waals surface area contributed by atoms with Gasteiger partial charge in [-0.15, -0.1) is 0 Å². The second-order valence-corrected chi connectivity index (χ2v) is 4.10. The molecule has 2 aromatic heterocycles. The first-order chi connectivity index (χ1) is 8.79. The zero-order valence-electron chi connectivity index (χ0n) is 10.3. The topological polar surface area (TPSA) is 50.8 Å². The number of ether oxygens (including phenoxy) is 1. The summed E-state index contributed by atoms with van der Waals surface area (Å²) in [6, 6.07) is 10.5. The van der Waals surface area contributed by atoms with Crippen molar-refractivity contribution >= 4 is 10.9 Å². The number of aryl methyl sites for hydroxylation is 1. The molecule has 3 rings (SSSR count). The fourth-order valence-corrected chi connectivity index (χ4v) is 2.19. The molecule has 0 saturated carbocycles. The van der Waals surface area contributed by atoms with E-state index in [2.05, 4.69) is 27.1 Å². The Morgan fingerprint density at radius 1 is 1.17 bits per heavy atom. The number of nitrogens with one attached hydrogen (secondary N) is 1. The summed E-state index contributed by atoms with van der Waals surface area (Å²) < 4.78 is 5.07. The van der Waals surface area contributed by atoms with Crippen LogP contribution in [-0.2, 0) is 0 Å². The minimum Gasteiger partial charge on any atom is -0.467 e. The highest BCUT2D eigenvalue weighted by atomic mass is 16.5. The quantitative estimate of drug-likeness (QED) is 0.748. The molecule has 1 N–H and O–H groups in total. The molecule has 0 aliphatic carbocycles. The Morgan fingerprint density at radius 3 is 2.83 bits per heavy atom. The van der Waals surface area contributed by atoms with E-state index in [1.165, 1.54) is 0 Å². The Balaban J connectivity index is 2.27. The maximum absolute atomic E-state index is 5.07. The van der Waals surface area contributed by atoms with E-state index in [1.807, 2.05) is 25.1 Å². The van der Waals surface area contributed by atoms with E-state index in [9.17, 15) is 0 Å². The first-order valence-corrected chi connectivity index (χ1v) is 5.74. The normalized spacial score (nSPS) is 10.8. The van der Waals surface area contributed by atoms with Gasteiger partial charge >= 0.3 is 6.01 Å². The van der Waals surface area contributed by atoms with E-state index < -0.39 is 0 Å². The molecular weight excluding hydrogens is 226 g/mol. The van der Waals surface area contributed by atoms with Gasteiger partial charge in [-0.25, -0.2) is 4.98 Å². The van der Waals surface area contributed by atoms with Gasteiger partial charge in [0.15, 0.2) is 0 Å². The van der Waals surface area contributed by atoms with E-state index in [1.54, 1.807) is 13.3 Å². The van der Waals surface area contributed by atoms with Gasteiger partial charge in [-0.05, 0) is 19.1 Å². The molecule has 0 radical (unpaired) electrons. The van der Waals surface area contributed by atoms with Crippen molar-refractivity contribution in [3.63, 3.8) is 0 Å². The minimum atomic E-state index is 0.386. The molecule has 0 spiro atoms. The van der Waals surface area contributed by atoms with Crippen molar-refractivity contribution < 1.29 is 4.74 Å². The average Bonchev–Trinajstić information content (AvgIpc) is 2.74. The van der Waals surface area contributed by atoms with Gasteiger partial charge in [0.2, 0.25) is 0 Å². The van der Waals surface area contributed by atoms with E-state index in [0.29, 0.717) is 6.01 Å². The average molecular weight is 239 g/mol. The smallest absolute Gasteiger partial charge is 0.316 e. The van der Waals surface area contributed by atoms with Gasteiger partial charge in [0.25, 0.3) is 0 Å². The van der Waals surface area contributed by atoms with Crippen LogP contribution in [0.1, 0.15) is 5.69 Å². The molecule has 4 heteroatoms. The maximum atomic E-state index is 5.07. The Hall–Kier alpha value is -2.36. The lowest BCUT2D eigenvalue weighted by Gasteiger charge is -2.02. The molecule has 4 nitrogen and oxygen atoms in total. The summed E-state index contributed by atoms with van der Waals surface area (Å²) in [5.74, 6) is 0. The van der Waals surface area contributed by atoms with Gasteiger partial charge in [-0.3, -0.25) is 0 Å². The first kappa shape index (κ1) is 10.8. The number of hydrogen-bond acceptors (Lipinski definition) is 3. The molecule has 0 amide bonds. The molecule has 2 heterocycles. The lowest BCUT2D eigenvalue weighted by Crippen LogP contribution is -1.93. The van der Waals surface area contributed by atoms with Gasteiger partial charge in [0.1, 0.15) is 0 Å². The third-order valence-electron chi connectivity index (χ3n) is 2.97. The highest BCUT2D eigenvalue weighted by molar-refractivity contribution is 5.96. The summed E-state index contributed by atoms with van der Waals surface area (Å²) in [7, 11) is 1.57. The van der Waals surface area contributed by atoms with Crippen LogP contribution in [0, 0.1) is 6.92 Å². The summed E-state index contributed by atoms with van der Waals surface area (Å²) >= 11 is 0. The van der Waals surface area contributed by atoms with Crippen LogP contribution in [-0.4, -0.2) is 22.1 Å². The van der Waals surface area contributed by atoms with E-state index in [0.717, 1.165) is 27.9 Å². The van der Waals surface area contributed by atoms with Crippen molar-refractivity contribution in [2.75, 3.05) is 7.11 Å². The van der Waals surface area contributed by atoms with Gasteiger partial charge in [-0.2, -0.15) is 4.98 Å². The molecule has 1 aromatic carbocycles. The number of rotatable bonds is 2. The fourth-order valence-electron chi connectivity index (χ4n) is 2.19. The number of hydrogen-bond donors (Lipinski definition) is 1. The molecule has 0 unspecified atom stereocenters. The van der Waals surface area contributed by atoms with Crippen molar-refractivity contribution in [3.8, 4) is 17.3 Å². The minimum absolute atomic E-state index is 0.386. The predicted molar refractivity (Wildman–Crippen MR) is 70.6 cm³/mol. The Bertz CT molecular complexity index is 703. The molecule has 0 fully saturated rings. The zero-order chi connectivity index (χ0) is 12.5. The van der Waals surface area contributed by atoms with Gasteiger partial charge in [0, 0.05) is 28.4 Å². The van der Waals surface area contributed by atoms with E-state index in [4.69, 9.17) is 4.74 Å². The lowest BCUT2D eigenvalue weighted by atomic mass is 10.1. The van der Waals surface area contributed by atoms with Gasteiger partial charge in [0.05, 0.1) is 12.8 Å². The Kier molecular flexibility index (Phi) is 2.48. The van der Waals surface area contributed by atoms with E-state index >= 15 is 0 Å². The number of aromatic amines is 1. The van der Waals surface area contributed by atoms with Crippen LogP contribution in [0.2, 0.25) is 0 Å². The highest BCUT2D eigenvalue weighted by Gasteiger charge is 2.12. The summed E-state index contributed by atoms with van der Waals surface area (Å²) in [5, 5.41) is 1.16. The van der Waals surface area contributed by atoms with Crippen LogP contribution in [0.5, 0.6) is 6.01 Å². The summed E-state index contributed by atoms with van der Waals surface area (Å²) in [4.78, 5) is 11.8. The first-order valence-electron chi connectivity index (χ1n) is 5.74. The molecule has 0 bridgehead atoms. The van der Waals surface area contributed by atoms with Crippen LogP contribution in [0.4, 0.5) is 0 Å². The van der Waals surface area contributed by atoms with Crippen molar-refractivity contribution in [3.05, 3.63) is 42.2 Å². The number of para-hydroxylation sites is 1. The van der Waals surface area contributed by atoms with Gasteiger partial charge in [-0.1, -0.05) is 18.2 Å². The lowest BCUT2D eigenvalue weighted by molar-refractivity contribution is 0.380. The molecule has 18 heavy (non-hydrogen) atoms. The highest BCUT2D eigenvalue weighted by Crippen LogP contribution is 2.30. The monoisotopic (exact) mass is 239 g/mol. The second kappa shape index (κ2) is 4.14. The van der Waals surface area contributed by atoms with Crippen LogP contribution in [0.15, 0.2) is 36.5 Å². The number of aromatic nitrogens is 3. The summed E-state index contributed by atoms with van der Waals surface area (Å²) in [6.45, 7) is 2.05. The van der Waals surface area contributed by atoms with Crippen LogP contribution in [0.3, 0.4) is 0 Å². The number of H-pyrrole nitrogens is 1. The number of methoxy groups -OCH3 is 1. The second-order valence-electron chi connectivity index (χ2n) is 4.10. The number of fused-ring (bicyclic) bond motifs is 1. The Labute approximate surface area is 105 Å².